The molecule has 1 heterocycles. The third-order valence-electron chi connectivity index (χ3n) is 3.90. The predicted octanol–water partition coefficient (Wildman–Crippen LogP) is 3.35. The Morgan fingerprint density at radius 2 is 1.90 bits per heavy atom. The molecule has 0 radical (unpaired) electrons. The van der Waals surface area contributed by atoms with Crippen molar-refractivity contribution in [3.8, 4) is 0 Å². The van der Waals surface area contributed by atoms with Crippen LogP contribution in [0.15, 0.2) is 18.2 Å². The van der Waals surface area contributed by atoms with E-state index < -0.39 is 0 Å². The number of aryl methyl sites for hydroxylation is 1. The maximum Gasteiger partial charge on any atom is 0.0726 e. The van der Waals surface area contributed by atoms with E-state index in [9.17, 15) is 0 Å². The number of anilines is 1. The highest BCUT2D eigenvalue weighted by atomic mass is 16.5. The maximum atomic E-state index is 5.83. The lowest BCUT2D eigenvalue weighted by atomic mass is 10.1. The molecule has 1 saturated heterocycles. The third kappa shape index (κ3) is 4.72. The first-order valence-electron chi connectivity index (χ1n) is 8.16. The molecule has 21 heavy (non-hydrogen) atoms. The van der Waals surface area contributed by atoms with Crippen LogP contribution in [-0.2, 0) is 11.3 Å². The van der Waals surface area contributed by atoms with Gasteiger partial charge in [-0.05, 0) is 50.4 Å². The summed E-state index contributed by atoms with van der Waals surface area (Å²) in [5.41, 5.74) is 4.08. The van der Waals surface area contributed by atoms with E-state index >= 15 is 0 Å². The minimum absolute atomic E-state index is 0.306. The van der Waals surface area contributed by atoms with Gasteiger partial charge in [-0.1, -0.05) is 26.0 Å². The second-order valence-electron chi connectivity index (χ2n) is 6.81. The van der Waals surface area contributed by atoms with E-state index in [0.29, 0.717) is 18.1 Å². The van der Waals surface area contributed by atoms with Crippen molar-refractivity contribution in [1.82, 2.24) is 5.32 Å². The summed E-state index contributed by atoms with van der Waals surface area (Å²) in [5, 5.41) is 3.51. The summed E-state index contributed by atoms with van der Waals surface area (Å²) in [6, 6.07) is 6.83. The molecule has 1 aliphatic rings. The first-order chi connectivity index (χ1) is 9.95. The molecule has 3 nitrogen and oxygen atoms in total. The van der Waals surface area contributed by atoms with Gasteiger partial charge in [-0.15, -0.1) is 0 Å². The minimum Gasteiger partial charge on any atom is -0.372 e. The molecule has 1 aromatic rings. The number of nitrogens with zero attached hydrogens (tertiary/aromatic N) is 1. The van der Waals surface area contributed by atoms with Crippen LogP contribution in [0.2, 0.25) is 0 Å². The SMILES string of the molecule is Cc1cc(CNCC(C)C)ccc1N1C[C@@H](C)O[C@@H](C)C1. The van der Waals surface area contributed by atoms with Gasteiger partial charge in [-0.3, -0.25) is 0 Å². The van der Waals surface area contributed by atoms with Crippen LogP contribution < -0.4 is 10.2 Å². The molecular formula is C18H30N2O. The summed E-state index contributed by atoms with van der Waals surface area (Å²) >= 11 is 0. The molecule has 2 atom stereocenters. The Balaban J connectivity index is 2.01. The first kappa shape index (κ1) is 16.3. The van der Waals surface area contributed by atoms with Gasteiger partial charge in [0.1, 0.15) is 0 Å². The summed E-state index contributed by atoms with van der Waals surface area (Å²) < 4.78 is 5.83. The molecule has 2 rings (SSSR count). The van der Waals surface area contributed by atoms with Crippen molar-refractivity contribution in [2.24, 2.45) is 5.92 Å². The molecule has 1 aromatic carbocycles. The maximum absolute atomic E-state index is 5.83. The number of morpholine rings is 1. The zero-order chi connectivity index (χ0) is 15.4. The summed E-state index contributed by atoms with van der Waals surface area (Å²) in [5.74, 6) is 0.696. The summed E-state index contributed by atoms with van der Waals surface area (Å²) in [6.45, 7) is 15.0. The largest absolute Gasteiger partial charge is 0.372 e. The van der Waals surface area contributed by atoms with Crippen LogP contribution in [0.1, 0.15) is 38.8 Å². The molecule has 0 saturated carbocycles. The lowest BCUT2D eigenvalue weighted by Crippen LogP contribution is -2.45. The van der Waals surface area contributed by atoms with E-state index in [-0.39, 0.29) is 0 Å². The van der Waals surface area contributed by atoms with Gasteiger partial charge in [0.25, 0.3) is 0 Å². The second kappa shape index (κ2) is 7.28. The molecule has 1 N–H and O–H groups in total. The molecule has 0 unspecified atom stereocenters. The van der Waals surface area contributed by atoms with Crippen molar-refractivity contribution in [2.45, 2.75) is 53.4 Å². The number of hydrogen-bond acceptors (Lipinski definition) is 3. The molecule has 1 fully saturated rings. The topological polar surface area (TPSA) is 24.5 Å². The van der Waals surface area contributed by atoms with Crippen LogP contribution in [-0.4, -0.2) is 31.8 Å². The van der Waals surface area contributed by atoms with Crippen molar-refractivity contribution in [3.63, 3.8) is 0 Å². The lowest BCUT2D eigenvalue weighted by Gasteiger charge is -2.37. The second-order valence-corrected chi connectivity index (χ2v) is 6.81. The monoisotopic (exact) mass is 290 g/mol. The van der Waals surface area contributed by atoms with Gasteiger partial charge in [0.05, 0.1) is 12.2 Å². The van der Waals surface area contributed by atoms with Crippen LogP contribution in [0.3, 0.4) is 0 Å². The highest BCUT2D eigenvalue weighted by Gasteiger charge is 2.23. The molecule has 3 heteroatoms. The van der Waals surface area contributed by atoms with Gasteiger partial charge in [0.2, 0.25) is 0 Å². The molecule has 0 amide bonds. The van der Waals surface area contributed by atoms with E-state index in [1.54, 1.807) is 0 Å². The molecule has 1 aliphatic heterocycles. The molecule has 0 spiro atoms. The Kier molecular flexibility index (Phi) is 5.65. The van der Waals surface area contributed by atoms with Crippen LogP contribution in [0.25, 0.3) is 0 Å². The lowest BCUT2D eigenvalue weighted by molar-refractivity contribution is -0.00524. The fraction of sp³-hybridized carbons (Fsp3) is 0.667. The molecule has 0 aliphatic carbocycles. The fourth-order valence-corrected chi connectivity index (χ4v) is 3.06. The zero-order valence-electron chi connectivity index (χ0n) is 14.1. The van der Waals surface area contributed by atoms with Gasteiger partial charge >= 0.3 is 0 Å². The average molecular weight is 290 g/mol. The normalized spacial score (nSPS) is 22.9. The highest BCUT2D eigenvalue weighted by Crippen LogP contribution is 2.25. The van der Waals surface area contributed by atoms with Gasteiger partial charge in [-0.25, -0.2) is 0 Å². The van der Waals surface area contributed by atoms with Gasteiger partial charge in [0.15, 0.2) is 0 Å². The molecule has 0 aromatic heterocycles. The van der Waals surface area contributed by atoms with Crippen LogP contribution in [0.4, 0.5) is 5.69 Å². The Morgan fingerprint density at radius 1 is 1.24 bits per heavy atom. The summed E-state index contributed by atoms with van der Waals surface area (Å²) in [4.78, 5) is 2.46. The Bertz CT molecular complexity index is 449. The number of hydrogen-bond donors (Lipinski definition) is 1. The van der Waals surface area contributed by atoms with Crippen LogP contribution in [0, 0.1) is 12.8 Å². The van der Waals surface area contributed by atoms with Crippen molar-refractivity contribution in [2.75, 3.05) is 24.5 Å². The van der Waals surface area contributed by atoms with Gasteiger partial charge in [0, 0.05) is 25.3 Å². The van der Waals surface area contributed by atoms with Crippen molar-refractivity contribution < 1.29 is 4.74 Å². The number of rotatable bonds is 5. The Labute approximate surface area is 129 Å². The molecule has 118 valence electrons. The van der Waals surface area contributed by atoms with Crippen LogP contribution >= 0.6 is 0 Å². The van der Waals surface area contributed by atoms with E-state index in [0.717, 1.165) is 26.2 Å². The van der Waals surface area contributed by atoms with Crippen LogP contribution in [0.5, 0.6) is 0 Å². The summed E-state index contributed by atoms with van der Waals surface area (Å²) in [7, 11) is 0. The van der Waals surface area contributed by atoms with E-state index in [4.69, 9.17) is 4.74 Å². The van der Waals surface area contributed by atoms with E-state index in [1.807, 2.05) is 0 Å². The fourth-order valence-electron chi connectivity index (χ4n) is 3.06. The first-order valence-corrected chi connectivity index (χ1v) is 8.16. The standard InChI is InChI=1S/C18H30N2O/c1-13(2)9-19-10-17-6-7-18(14(3)8-17)20-11-15(4)21-16(5)12-20/h6-8,13,15-16,19H,9-12H2,1-5H3/t15-,16+. The quantitative estimate of drug-likeness (QED) is 0.900. The number of nitrogens with one attached hydrogen (secondary N) is 1. The van der Waals surface area contributed by atoms with E-state index in [1.165, 1.54) is 16.8 Å². The number of benzene rings is 1. The van der Waals surface area contributed by atoms with Crippen molar-refractivity contribution in [3.05, 3.63) is 29.3 Å². The molecular weight excluding hydrogens is 260 g/mol. The van der Waals surface area contributed by atoms with Crippen molar-refractivity contribution >= 4 is 5.69 Å². The third-order valence-corrected chi connectivity index (χ3v) is 3.90. The summed E-state index contributed by atoms with van der Waals surface area (Å²) in [6.07, 6.45) is 0.612. The smallest absolute Gasteiger partial charge is 0.0726 e. The molecule has 0 bridgehead atoms. The minimum atomic E-state index is 0.306. The number of ether oxygens (including phenoxy) is 1. The Morgan fingerprint density at radius 3 is 2.48 bits per heavy atom. The highest BCUT2D eigenvalue weighted by molar-refractivity contribution is 5.55. The van der Waals surface area contributed by atoms with Gasteiger partial charge < -0.3 is 15.0 Å². The van der Waals surface area contributed by atoms with Crippen molar-refractivity contribution in [1.29, 1.82) is 0 Å². The average Bonchev–Trinajstić information content (AvgIpc) is 2.37. The van der Waals surface area contributed by atoms with E-state index in [2.05, 4.69) is 63.0 Å². The predicted molar refractivity (Wildman–Crippen MR) is 89.9 cm³/mol. The zero-order valence-corrected chi connectivity index (χ0v) is 14.1. The van der Waals surface area contributed by atoms with Gasteiger partial charge in [-0.2, -0.15) is 0 Å². The Hall–Kier alpha value is -1.06.